The van der Waals surface area contributed by atoms with E-state index in [1.54, 1.807) is 24.1 Å². The van der Waals surface area contributed by atoms with E-state index < -0.39 is 44.7 Å². The molecule has 2 aliphatic heterocycles. The Morgan fingerprint density at radius 3 is 2.54 bits per heavy atom. The molecule has 57 heavy (non-hydrogen) atoms. The lowest BCUT2D eigenvalue weighted by molar-refractivity contribution is -0.142. The van der Waals surface area contributed by atoms with Crippen LogP contribution in [-0.2, 0) is 24.4 Å². The van der Waals surface area contributed by atoms with Crippen molar-refractivity contribution in [3.63, 3.8) is 0 Å². The number of carbonyl (C=O) groups excluding carboxylic acids is 4. The Labute approximate surface area is 338 Å². The van der Waals surface area contributed by atoms with Gasteiger partial charge in [-0.25, -0.2) is 13.4 Å². The zero-order chi connectivity index (χ0) is 40.6. The minimum Gasteiger partial charge on any atom is -0.496 e. The number of nitrogens with one attached hydrogen (secondary N) is 1. The van der Waals surface area contributed by atoms with E-state index in [2.05, 4.69) is 4.72 Å². The maximum Gasteiger partial charge on any atom is 0.240 e. The van der Waals surface area contributed by atoms with E-state index in [1.807, 2.05) is 58.0 Å². The van der Waals surface area contributed by atoms with Gasteiger partial charge < -0.3 is 19.1 Å². The van der Waals surface area contributed by atoms with Gasteiger partial charge in [0.25, 0.3) is 0 Å². The molecule has 2 aromatic heterocycles. The van der Waals surface area contributed by atoms with Crippen LogP contribution in [-0.4, -0.2) is 78.8 Å². The number of Topliss-reactive ketones (excluding diaryl/α,β-unsaturated/α-hetero) is 2. The van der Waals surface area contributed by atoms with Crippen LogP contribution in [0.1, 0.15) is 105 Å². The highest BCUT2D eigenvalue weighted by Gasteiger charge is 2.61. The Morgan fingerprint density at radius 2 is 1.84 bits per heavy atom. The van der Waals surface area contributed by atoms with Crippen LogP contribution in [0.2, 0.25) is 0 Å². The summed E-state index contributed by atoms with van der Waals surface area (Å²) >= 11 is 1.40. The topological polar surface area (TPSA) is 158 Å². The summed E-state index contributed by atoms with van der Waals surface area (Å²) in [6, 6.07) is 8.16. The second kappa shape index (κ2) is 16.5. The average Bonchev–Trinajstić information content (AvgIpc) is 4.05. The quantitative estimate of drug-likeness (QED) is 0.157. The minimum absolute atomic E-state index is 0.0150. The van der Waals surface area contributed by atoms with Crippen LogP contribution in [0.15, 0.2) is 42.5 Å². The van der Waals surface area contributed by atoms with E-state index in [9.17, 15) is 27.6 Å². The monoisotopic (exact) mass is 819 g/mol. The summed E-state index contributed by atoms with van der Waals surface area (Å²) in [7, 11) is -2.26. The maximum atomic E-state index is 14.8. The first kappa shape index (κ1) is 40.9. The number of hydrogen-bond donors (Lipinski definition) is 1. The van der Waals surface area contributed by atoms with Crippen LogP contribution < -0.4 is 18.9 Å². The number of allylic oxidation sites excluding steroid dienone is 2. The summed E-state index contributed by atoms with van der Waals surface area (Å²) in [4.78, 5) is 64.9. The van der Waals surface area contributed by atoms with E-state index in [4.69, 9.17) is 19.2 Å². The number of aromatic nitrogens is 1. The smallest absolute Gasteiger partial charge is 0.240 e. The lowest BCUT2D eigenvalue weighted by Crippen LogP contribution is -2.46. The first-order valence-electron chi connectivity index (χ1n) is 20.2. The molecular weight excluding hydrogens is 767 g/mol. The largest absolute Gasteiger partial charge is 0.496 e. The van der Waals surface area contributed by atoms with Gasteiger partial charge in [-0.3, -0.25) is 23.9 Å². The molecule has 0 unspecified atom stereocenters. The van der Waals surface area contributed by atoms with Crippen molar-refractivity contribution >= 4 is 55.6 Å². The van der Waals surface area contributed by atoms with E-state index in [0.29, 0.717) is 58.8 Å². The first-order chi connectivity index (χ1) is 27.2. The van der Waals surface area contributed by atoms with Crippen molar-refractivity contribution in [1.29, 1.82) is 0 Å². The zero-order valence-electron chi connectivity index (χ0n) is 33.4. The molecule has 4 aliphatic rings. The highest BCUT2D eigenvalue weighted by molar-refractivity contribution is 7.90. The van der Waals surface area contributed by atoms with Gasteiger partial charge in [-0.1, -0.05) is 25.0 Å². The zero-order valence-corrected chi connectivity index (χ0v) is 35.0. The number of benzene rings is 1. The number of aryl methyl sites for hydroxylation is 2. The third-order valence-electron chi connectivity index (χ3n) is 11.8. The van der Waals surface area contributed by atoms with Gasteiger partial charge in [-0.05, 0) is 96.4 Å². The second-order valence-electron chi connectivity index (χ2n) is 16.5. The van der Waals surface area contributed by atoms with Crippen LogP contribution in [0, 0.1) is 31.1 Å². The fourth-order valence-electron chi connectivity index (χ4n) is 8.39. The Morgan fingerprint density at radius 1 is 1.05 bits per heavy atom. The van der Waals surface area contributed by atoms with Gasteiger partial charge in [0.2, 0.25) is 27.7 Å². The van der Waals surface area contributed by atoms with Crippen LogP contribution in [0.4, 0.5) is 0 Å². The van der Waals surface area contributed by atoms with Crippen molar-refractivity contribution in [3.8, 4) is 17.4 Å². The first-order valence-corrected chi connectivity index (χ1v) is 22.5. The Hall–Kier alpha value is -4.30. The molecule has 14 heteroatoms. The molecule has 4 heterocycles. The summed E-state index contributed by atoms with van der Waals surface area (Å²) in [6.07, 6.45) is 8.10. The summed E-state index contributed by atoms with van der Waals surface area (Å²) in [5.41, 5.74) is 0.190. The van der Waals surface area contributed by atoms with Gasteiger partial charge in [-0.2, -0.15) is 0 Å². The highest BCUT2D eigenvalue weighted by atomic mass is 32.2. The van der Waals surface area contributed by atoms with Crippen LogP contribution in [0.5, 0.6) is 17.4 Å². The fourth-order valence-corrected chi connectivity index (χ4v) is 10.6. The summed E-state index contributed by atoms with van der Waals surface area (Å²) in [5.74, 6) is -0.875. The highest BCUT2D eigenvalue weighted by Crippen LogP contribution is 2.57. The van der Waals surface area contributed by atoms with Crippen molar-refractivity contribution < 1.29 is 41.8 Å². The molecule has 0 radical (unpaired) electrons. The molecular formula is C43H53N3O9S2. The number of amides is 2. The number of sulfonamides is 1. The van der Waals surface area contributed by atoms with E-state index in [-0.39, 0.29) is 55.3 Å². The number of nitrogens with zero attached hydrogens (tertiary/aromatic N) is 2. The van der Waals surface area contributed by atoms with Crippen LogP contribution in [0.25, 0.3) is 10.9 Å². The number of methoxy groups -OCH3 is 1. The molecule has 2 saturated carbocycles. The lowest BCUT2D eigenvalue weighted by atomic mass is 9.90. The van der Waals surface area contributed by atoms with Crippen molar-refractivity contribution in [2.24, 2.45) is 17.3 Å². The number of carbonyl (C=O) groups is 4. The lowest BCUT2D eigenvalue weighted by Gasteiger charge is -2.29. The molecule has 0 spiro atoms. The van der Waals surface area contributed by atoms with Gasteiger partial charge in [0.05, 0.1) is 46.9 Å². The molecule has 3 fully saturated rings. The number of rotatable bonds is 11. The minimum atomic E-state index is -3.85. The number of hydrogen-bond acceptors (Lipinski definition) is 11. The number of thiophene rings is 1. The molecule has 12 nitrogen and oxygen atoms in total. The van der Waals surface area contributed by atoms with Gasteiger partial charge in [-0.15, -0.1) is 11.3 Å². The van der Waals surface area contributed by atoms with Gasteiger partial charge in [0.1, 0.15) is 17.6 Å². The molecule has 0 bridgehead atoms. The standard InChI is InChI=1S/C43H53N3O9S2/c1-25(2)54-39-21-37(32-16-17-36(53-5)27(4)40(32)44-39)55-30-20-33-35(48)23-43(42(50)45-57(51,52)31-14-15-31)22-29(43)12-10-8-6-7-9-11-28(41(49)46(33)24-30)19-34(47)38-18-13-26(3)56-38/h10,12-13,16-18,21,25,28-31,33H,6-9,11,14-15,19-20,22-24H2,1-5H3,(H,45,50)/b12-10-/t28-,29-,30-,33+,43-/m1/s1. The number of ether oxygens (including phenoxy) is 3. The molecule has 306 valence electrons. The van der Waals surface area contributed by atoms with E-state index in [1.165, 1.54) is 11.3 Å². The summed E-state index contributed by atoms with van der Waals surface area (Å²) in [6.45, 7) is 7.73. The van der Waals surface area contributed by atoms with Gasteiger partial charge in [0.15, 0.2) is 11.6 Å². The molecule has 3 aromatic rings. The third kappa shape index (κ3) is 8.91. The second-order valence-corrected chi connectivity index (χ2v) is 19.7. The molecule has 7 rings (SSSR count). The van der Waals surface area contributed by atoms with Crippen molar-refractivity contribution in [2.75, 3.05) is 13.7 Å². The number of pyridine rings is 1. The van der Waals surface area contributed by atoms with Crippen molar-refractivity contribution in [3.05, 3.63) is 57.8 Å². The SMILES string of the molecule is COc1ccc2c(O[C@@H]3C[C@H]4C(=O)C[C@]5(C(=O)NS(=O)(=O)C6CC6)C[C@H]5/C=C\CCCCC[C@H](CC(=O)c5ccc(C)s5)C(=O)N4C3)cc(OC(C)C)nc2c1C. The summed E-state index contributed by atoms with van der Waals surface area (Å²) < 4.78 is 46.5. The van der Waals surface area contributed by atoms with Crippen molar-refractivity contribution in [2.45, 2.75) is 122 Å². The van der Waals surface area contributed by atoms with Crippen LogP contribution in [0.3, 0.4) is 0 Å². The molecule has 2 amide bonds. The molecule has 1 aromatic carbocycles. The average molecular weight is 820 g/mol. The number of fused-ring (bicyclic) bond motifs is 3. The predicted molar refractivity (Wildman–Crippen MR) is 217 cm³/mol. The molecule has 2 aliphatic carbocycles. The Balaban J connectivity index is 1.23. The van der Waals surface area contributed by atoms with Crippen molar-refractivity contribution in [1.82, 2.24) is 14.6 Å². The maximum absolute atomic E-state index is 14.8. The molecule has 5 atom stereocenters. The Kier molecular flexibility index (Phi) is 11.8. The van der Waals surface area contributed by atoms with Gasteiger partial charge in [0, 0.05) is 47.1 Å². The third-order valence-corrected chi connectivity index (χ3v) is 14.6. The normalized spacial score (nSPS) is 26.2. The Bertz CT molecular complexity index is 2190. The summed E-state index contributed by atoms with van der Waals surface area (Å²) in [5, 5.41) is 0.115. The molecule has 1 saturated heterocycles. The van der Waals surface area contributed by atoms with Crippen LogP contribution >= 0.6 is 11.3 Å². The molecule has 1 N–H and O–H groups in total. The van der Waals surface area contributed by atoms with E-state index in [0.717, 1.165) is 36.1 Å². The predicted octanol–water partition coefficient (Wildman–Crippen LogP) is 7.04. The fraction of sp³-hybridized carbons (Fsp3) is 0.558. The van der Waals surface area contributed by atoms with E-state index >= 15 is 0 Å². The van der Waals surface area contributed by atoms with Gasteiger partial charge >= 0.3 is 0 Å². The number of ketones is 2.